The van der Waals surface area contributed by atoms with Gasteiger partial charge in [0, 0.05) is 37.7 Å². The minimum absolute atomic E-state index is 0.146. The molecular formula is C28H33N3O4S. The largest absolute Gasteiger partial charge is 0.491 e. The van der Waals surface area contributed by atoms with Crippen LogP contribution in [0.25, 0.3) is 21.3 Å². The Morgan fingerprint density at radius 2 is 1.92 bits per heavy atom. The number of aromatic amines is 1. The van der Waals surface area contributed by atoms with Crippen molar-refractivity contribution in [2.75, 3.05) is 33.4 Å². The van der Waals surface area contributed by atoms with Crippen molar-refractivity contribution in [3.63, 3.8) is 0 Å². The Morgan fingerprint density at radius 1 is 1.14 bits per heavy atom. The number of nitrogens with zero attached hydrogens (tertiary/aromatic N) is 2. The molecule has 7 nitrogen and oxygen atoms in total. The van der Waals surface area contributed by atoms with E-state index in [-0.39, 0.29) is 12.2 Å². The molecule has 0 saturated carbocycles. The van der Waals surface area contributed by atoms with Crippen LogP contribution < -0.4 is 10.3 Å². The third-order valence-corrected chi connectivity index (χ3v) is 6.92. The maximum atomic E-state index is 13.1. The molecule has 4 aromatic rings. The predicted octanol–water partition coefficient (Wildman–Crippen LogP) is 4.55. The topological polar surface area (TPSA) is 87.7 Å². The molecule has 0 aliphatic heterocycles. The highest BCUT2D eigenvalue weighted by molar-refractivity contribution is 7.17. The molecule has 0 saturated heterocycles. The molecule has 0 spiro atoms. The second kappa shape index (κ2) is 12.3. The van der Waals surface area contributed by atoms with Crippen LogP contribution in [0.15, 0.2) is 58.7 Å². The van der Waals surface area contributed by atoms with E-state index >= 15 is 0 Å². The van der Waals surface area contributed by atoms with E-state index < -0.39 is 6.10 Å². The molecule has 8 heteroatoms. The summed E-state index contributed by atoms with van der Waals surface area (Å²) in [6.45, 7) is 6.30. The number of hydrogen-bond donors (Lipinski definition) is 2. The summed E-state index contributed by atoms with van der Waals surface area (Å²) in [6, 6.07) is 15.9. The minimum atomic E-state index is -0.697. The van der Waals surface area contributed by atoms with Gasteiger partial charge in [-0.3, -0.25) is 9.69 Å². The standard InChI is InChI=1S/C28H33N3O4S/c1-19-9-11-21(12-10-19)23-18-36-28-26(23)27(33)29-25(30-28)16-31(13-6-14-34-3)15-22(32)17-35-24-8-5-4-7-20(24)2/h4-5,7-12,18,22,32H,6,13-17H2,1-3H3,(H,29,30,33). The Bertz CT molecular complexity index is 1330. The average Bonchev–Trinajstić information content (AvgIpc) is 3.29. The first kappa shape index (κ1) is 26.0. The second-order valence-electron chi connectivity index (χ2n) is 9.02. The molecule has 190 valence electrons. The summed E-state index contributed by atoms with van der Waals surface area (Å²) in [5, 5.41) is 13.3. The smallest absolute Gasteiger partial charge is 0.260 e. The number of aliphatic hydroxyl groups excluding tert-OH is 1. The van der Waals surface area contributed by atoms with Crippen molar-refractivity contribution in [3.05, 3.63) is 81.2 Å². The molecule has 1 atom stereocenters. The molecule has 0 amide bonds. The first-order valence-corrected chi connectivity index (χ1v) is 13.0. The molecule has 2 aromatic carbocycles. The van der Waals surface area contributed by atoms with E-state index in [1.807, 2.05) is 67.8 Å². The highest BCUT2D eigenvalue weighted by Crippen LogP contribution is 2.31. The van der Waals surface area contributed by atoms with Crippen LogP contribution in [0.5, 0.6) is 5.75 Å². The van der Waals surface area contributed by atoms with Gasteiger partial charge < -0.3 is 19.6 Å². The molecule has 0 bridgehead atoms. The Hall–Kier alpha value is -3.04. The van der Waals surface area contributed by atoms with E-state index in [4.69, 9.17) is 14.5 Å². The maximum absolute atomic E-state index is 13.1. The second-order valence-corrected chi connectivity index (χ2v) is 9.88. The van der Waals surface area contributed by atoms with Crippen LogP contribution in [-0.4, -0.2) is 59.5 Å². The molecule has 1 unspecified atom stereocenters. The molecule has 0 aliphatic carbocycles. The predicted molar refractivity (Wildman–Crippen MR) is 145 cm³/mol. The summed E-state index contributed by atoms with van der Waals surface area (Å²) >= 11 is 1.47. The van der Waals surface area contributed by atoms with Crippen molar-refractivity contribution in [2.45, 2.75) is 32.9 Å². The number of aromatic nitrogens is 2. The van der Waals surface area contributed by atoms with Crippen LogP contribution >= 0.6 is 11.3 Å². The van der Waals surface area contributed by atoms with Crippen molar-refractivity contribution >= 4 is 21.6 Å². The minimum Gasteiger partial charge on any atom is -0.491 e. The number of rotatable bonds is 12. The molecule has 0 fully saturated rings. The van der Waals surface area contributed by atoms with Crippen molar-refractivity contribution < 1.29 is 14.6 Å². The van der Waals surface area contributed by atoms with Gasteiger partial charge in [0.15, 0.2) is 0 Å². The highest BCUT2D eigenvalue weighted by atomic mass is 32.1. The summed E-state index contributed by atoms with van der Waals surface area (Å²) in [5.41, 5.74) is 3.96. The number of aryl methyl sites for hydroxylation is 2. The quantitative estimate of drug-likeness (QED) is 0.274. The average molecular weight is 508 g/mol. The van der Waals surface area contributed by atoms with Gasteiger partial charge in [-0.05, 0) is 37.5 Å². The Labute approximate surface area is 215 Å². The molecule has 2 aromatic heterocycles. The van der Waals surface area contributed by atoms with Gasteiger partial charge in [0.1, 0.15) is 29.1 Å². The summed E-state index contributed by atoms with van der Waals surface area (Å²) in [6.07, 6.45) is 0.0998. The van der Waals surface area contributed by atoms with Gasteiger partial charge >= 0.3 is 0 Å². The van der Waals surface area contributed by atoms with Gasteiger partial charge in [0.25, 0.3) is 5.56 Å². The first-order chi connectivity index (χ1) is 17.4. The van der Waals surface area contributed by atoms with Crippen LogP contribution in [0.4, 0.5) is 0 Å². The zero-order chi connectivity index (χ0) is 25.5. The first-order valence-electron chi connectivity index (χ1n) is 12.1. The van der Waals surface area contributed by atoms with Crippen LogP contribution in [-0.2, 0) is 11.3 Å². The van der Waals surface area contributed by atoms with E-state index in [1.54, 1.807) is 7.11 Å². The maximum Gasteiger partial charge on any atom is 0.260 e. The van der Waals surface area contributed by atoms with Crippen molar-refractivity contribution in [1.82, 2.24) is 14.9 Å². The highest BCUT2D eigenvalue weighted by Gasteiger charge is 2.17. The molecule has 2 N–H and O–H groups in total. The van der Waals surface area contributed by atoms with Crippen LogP contribution in [0, 0.1) is 13.8 Å². The zero-order valence-corrected chi connectivity index (χ0v) is 21.8. The van der Waals surface area contributed by atoms with Crippen LogP contribution in [0.2, 0.25) is 0 Å². The van der Waals surface area contributed by atoms with Crippen molar-refractivity contribution in [1.29, 1.82) is 0 Å². The van der Waals surface area contributed by atoms with Gasteiger partial charge in [-0.25, -0.2) is 4.98 Å². The van der Waals surface area contributed by atoms with Crippen molar-refractivity contribution in [3.8, 4) is 16.9 Å². The normalized spacial score (nSPS) is 12.4. The van der Waals surface area contributed by atoms with Crippen LogP contribution in [0.1, 0.15) is 23.4 Å². The number of benzene rings is 2. The number of thiophene rings is 1. The summed E-state index contributed by atoms with van der Waals surface area (Å²) in [4.78, 5) is 23.6. The number of hydrogen-bond acceptors (Lipinski definition) is 7. The molecule has 0 aliphatic rings. The third-order valence-electron chi connectivity index (χ3n) is 6.05. The number of aliphatic hydroxyl groups is 1. The fourth-order valence-electron chi connectivity index (χ4n) is 4.15. The Kier molecular flexibility index (Phi) is 8.88. The van der Waals surface area contributed by atoms with Gasteiger partial charge in [0.05, 0.1) is 11.9 Å². The van der Waals surface area contributed by atoms with E-state index in [1.165, 1.54) is 16.9 Å². The lowest BCUT2D eigenvalue weighted by molar-refractivity contribution is 0.0607. The number of para-hydroxylation sites is 1. The van der Waals surface area contributed by atoms with E-state index in [0.717, 1.165) is 28.9 Å². The van der Waals surface area contributed by atoms with E-state index in [9.17, 15) is 9.90 Å². The number of fused-ring (bicyclic) bond motifs is 1. The summed E-state index contributed by atoms with van der Waals surface area (Å²) < 4.78 is 11.0. The SMILES string of the molecule is COCCCN(Cc1nc2scc(-c3ccc(C)cc3)c2c(=O)[nH]1)CC(O)COc1ccccc1C. The molecule has 4 rings (SSSR count). The molecule has 0 radical (unpaired) electrons. The summed E-state index contributed by atoms with van der Waals surface area (Å²) in [5.74, 6) is 1.34. The lowest BCUT2D eigenvalue weighted by Crippen LogP contribution is -2.37. The summed E-state index contributed by atoms with van der Waals surface area (Å²) in [7, 11) is 1.67. The fraction of sp³-hybridized carbons (Fsp3) is 0.357. The lowest BCUT2D eigenvalue weighted by atomic mass is 10.1. The van der Waals surface area contributed by atoms with Crippen LogP contribution in [0.3, 0.4) is 0 Å². The number of nitrogens with one attached hydrogen (secondary N) is 1. The monoisotopic (exact) mass is 507 g/mol. The number of ether oxygens (including phenoxy) is 2. The zero-order valence-electron chi connectivity index (χ0n) is 21.0. The van der Waals surface area contributed by atoms with Gasteiger partial charge in [-0.15, -0.1) is 11.3 Å². The van der Waals surface area contributed by atoms with Crippen molar-refractivity contribution in [2.24, 2.45) is 0 Å². The number of H-pyrrole nitrogens is 1. The van der Waals surface area contributed by atoms with Gasteiger partial charge in [-0.2, -0.15) is 0 Å². The Balaban J connectivity index is 1.48. The van der Waals surface area contributed by atoms with E-state index in [2.05, 4.69) is 9.88 Å². The fourth-order valence-corrected chi connectivity index (χ4v) is 5.12. The molecule has 36 heavy (non-hydrogen) atoms. The lowest BCUT2D eigenvalue weighted by Gasteiger charge is -2.25. The van der Waals surface area contributed by atoms with Gasteiger partial charge in [0.2, 0.25) is 0 Å². The molecule has 2 heterocycles. The number of methoxy groups -OCH3 is 1. The van der Waals surface area contributed by atoms with E-state index in [0.29, 0.717) is 42.3 Å². The third kappa shape index (κ3) is 6.59. The molecular weight excluding hydrogens is 474 g/mol. The Morgan fingerprint density at radius 3 is 2.67 bits per heavy atom. The van der Waals surface area contributed by atoms with Gasteiger partial charge in [-0.1, -0.05) is 48.0 Å².